The van der Waals surface area contributed by atoms with Gasteiger partial charge in [-0.25, -0.2) is 4.68 Å². The van der Waals surface area contributed by atoms with E-state index in [1.807, 2.05) is 39.0 Å². The number of halogens is 1. The SMILES string of the molecule is Cc1cc(C(=O)NC(C)(C)c2cn[nH]n2)nn1-c1ccccc1Cl. The number of amides is 1. The van der Waals surface area contributed by atoms with Gasteiger partial charge in [0.1, 0.15) is 5.69 Å². The molecule has 0 bridgehead atoms. The standard InChI is InChI=1S/C16H17ClN6O/c1-10-8-12(21-23(10)13-7-5-4-6-11(13)17)15(24)19-16(2,3)14-9-18-22-20-14/h4-9H,1-3H3,(H,19,24)(H,18,20,22). The van der Waals surface area contributed by atoms with E-state index in [0.29, 0.717) is 16.4 Å². The first-order valence-corrected chi connectivity index (χ1v) is 7.76. The van der Waals surface area contributed by atoms with E-state index < -0.39 is 5.54 Å². The first kappa shape index (κ1) is 16.2. The lowest BCUT2D eigenvalue weighted by Crippen LogP contribution is -2.41. The highest BCUT2D eigenvalue weighted by atomic mass is 35.5. The number of rotatable bonds is 4. The van der Waals surface area contributed by atoms with Gasteiger partial charge in [-0.1, -0.05) is 23.7 Å². The van der Waals surface area contributed by atoms with Crippen LogP contribution in [0.3, 0.4) is 0 Å². The van der Waals surface area contributed by atoms with Gasteiger partial charge in [-0.2, -0.15) is 20.5 Å². The Morgan fingerprint density at radius 2 is 2.08 bits per heavy atom. The molecule has 0 radical (unpaired) electrons. The molecule has 0 unspecified atom stereocenters. The van der Waals surface area contributed by atoms with E-state index in [4.69, 9.17) is 11.6 Å². The van der Waals surface area contributed by atoms with Gasteiger partial charge in [0.15, 0.2) is 5.69 Å². The highest BCUT2D eigenvalue weighted by Crippen LogP contribution is 2.22. The molecule has 0 spiro atoms. The van der Waals surface area contributed by atoms with E-state index >= 15 is 0 Å². The summed E-state index contributed by atoms with van der Waals surface area (Å²) < 4.78 is 1.65. The van der Waals surface area contributed by atoms with Crippen LogP contribution in [0.4, 0.5) is 0 Å². The number of carbonyl (C=O) groups excluding carboxylic acids is 1. The van der Waals surface area contributed by atoms with Crippen LogP contribution in [0.2, 0.25) is 5.02 Å². The minimum atomic E-state index is -0.674. The van der Waals surface area contributed by atoms with Gasteiger partial charge in [-0.05, 0) is 39.0 Å². The lowest BCUT2D eigenvalue weighted by Gasteiger charge is -2.22. The van der Waals surface area contributed by atoms with Gasteiger partial charge in [0.25, 0.3) is 5.91 Å². The van der Waals surface area contributed by atoms with E-state index in [2.05, 4.69) is 25.8 Å². The molecular weight excluding hydrogens is 328 g/mol. The first-order chi connectivity index (χ1) is 11.4. The second kappa shape index (κ2) is 6.09. The molecule has 0 saturated heterocycles. The summed E-state index contributed by atoms with van der Waals surface area (Å²) in [5.41, 5.74) is 1.81. The maximum atomic E-state index is 12.6. The molecule has 0 saturated carbocycles. The zero-order valence-electron chi connectivity index (χ0n) is 13.5. The molecule has 0 aliphatic carbocycles. The first-order valence-electron chi connectivity index (χ1n) is 7.39. The molecule has 0 aliphatic heterocycles. The van der Waals surface area contributed by atoms with Crippen molar-refractivity contribution < 1.29 is 4.79 Å². The van der Waals surface area contributed by atoms with Gasteiger partial charge >= 0.3 is 0 Å². The number of nitrogens with zero attached hydrogens (tertiary/aromatic N) is 4. The Bertz CT molecular complexity index is 869. The number of aromatic amines is 1. The van der Waals surface area contributed by atoms with Gasteiger partial charge in [0.05, 0.1) is 22.4 Å². The van der Waals surface area contributed by atoms with Crippen LogP contribution in [-0.2, 0) is 5.54 Å². The average Bonchev–Trinajstić information content (AvgIpc) is 3.17. The van der Waals surface area contributed by atoms with E-state index in [-0.39, 0.29) is 5.91 Å². The maximum absolute atomic E-state index is 12.6. The normalized spacial score (nSPS) is 11.5. The zero-order valence-corrected chi connectivity index (χ0v) is 14.3. The van der Waals surface area contributed by atoms with E-state index in [9.17, 15) is 4.79 Å². The van der Waals surface area contributed by atoms with Crippen molar-refractivity contribution in [2.45, 2.75) is 26.3 Å². The third-order valence-corrected chi connectivity index (χ3v) is 4.00. The Hall–Kier alpha value is -2.67. The van der Waals surface area contributed by atoms with Crippen molar-refractivity contribution in [3.8, 4) is 5.69 Å². The molecular formula is C16H17ClN6O. The topological polar surface area (TPSA) is 88.5 Å². The Morgan fingerprint density at radius 1 is 1.33 bits per heavy atom. The highest BCUT2D eigenvalue weighted by Gasteiger charge is 2.27. The van der Waals surface area contributed by atoms with Crippen molar-refractivity contribution in [3.63, 3.8) is 0 Å². The summed E-state index contributed by atoms with van der Waals surface area (Å²) in [4.78, 5) is 12.6. The van der Waals surface area contributed by atoms with Gasteiger partial charge in [-0.3, -0.25) is 4.79 Å². The van der Waals surface area contributed by atoms with Gasteiger partial charge in [0, 0.05) is 5.69 Å². The fraction of sp³-hybridized carbons (Fsp3) is 0.250. The highest BCUT2D eigenvalue weighted by molar-refractivity contribution is 6.32. The van der Waals surface area contributed by atoms with E-state index in [1.54, 1.807) is 23.0 Å². The Kier molecular flexibility index (Phi) is 4.11. The summed E-state index contributed by atoms with van der Waals surface area (Å²) in [5.74, 6) is -0.295. The second-order valence-electron chi connectivity index (χ2n) is 5.97. The van der Waals surface area contributed by atoms with Gasteiger partial charge in [0.2, 0.25) is 0 Å². The predicted octanol–water partition coefficient (Wildman–Crippen LogP) is 2.62. The van der Waals surface area contributed by atoms with Crippen LogP contribution < -0.4 is 5.32 Å². The molecule has 3 rings (SSSR count). The molecule has 3 aromatic rings. The molecule has 124 valence electrons. The van der Waals surface area contributed by atoms with Crippen molar-refractivity contribution in [3.05, 3.63) is 58.6 Å². The van der Waals surface area contributed by atoms with Crippen LogP contribution in [-0.4, -0.2) is 31.1 Å². The minimum Gasteiger partial charge on any atom is -0.340 e. The number of nitrogens with one attached hydrogen (secondary N) is 2. The Balaban J connectivity index is 1.87. The third kappa shape index (κ3) is 3.03. The molecule has 0 aliphatic rings. The molecule has 1 amide bonds. The Labute approximate surface area is 144 Å². The van der Waals surface area contributed by atoms with Crippen molar-refractivity contribution in [1.82, 2.24) is 30.5 Å². The number of aryl methyl sites for hydroxylation is 1. The summed E-state index contributed by atoms with van der Waals surface area (Å²) in [5, 5.41) is 18.2. The lowest BCUT2D eigenvalue weighted by molar-refractivity contribution is 0.0904. The van der Waals surface area contributed by atoms with Crippen molar-refractivity contribution in [2.75, 3.05) is 0 Å². The number of carbonyl (C=O) groups is 1. The summed E-state index contributed by atoms with van der Waals surface area (Å²) in [6.07, 6.45) is 1.58. The quantitative estimate of drug-likeness (QED) is 0.761. The molecule has 0 fully saturated rings. The average molecular weight is 345 g/mol. The number of aromatic nitrogens is 5. The summed E-state index contributed by atoms with van der Waals surface area (Å²) in [6.45, 7) is 5.57. The number of para-hydroxylation sites is 1. The molecule has 24 heavy (non-hydrogen) atoms. The van der Waals surface area contributed by atoms with Crippen LogP contribution in [0.5, 0.6) is 0 Å². The zero-order chi connectivity index (χ0) is 17.3. The van der Waals surface area contributed by atoms with Crippen LogP contribution in [0.1, 0.15) is 35.7 Å². The van der Waals surface area contributed by atoms with Gasteiger partial charge < -0.3 is 5.32 Å². The number of benzene rings is 1. The van der Waals surface area contributed by atoms with Gasteiger partial charge in [-0.15, -0.1) is 0 Å². The third-order valence-electron chi connectivity index (χ3n) is 3.68. The number of hydrogen-bond acceptors (Lipinski definition) is 4. The van der Waals surface area contributed by atoms with Crippen LogP contribution in [0.25, 0.3) is 5.69 Å². The monoisotopic (exact) mass is 344 g/mol. The minimum absolute atomic E-state index is 0.295. The molecule has 2 N–H and O–H groups in total. The molecule has 0 atom stereocenters. The summed E-state index contributed by atoms with van der Waals surface area (Å²) in [6, 6.07) is 9.07. The predicted molar refractivity (Wildman–Crippen MR) is 90.2 cm³/mol. The molecule has 2 heterocycles. The largest absolute Gasteiger partial charge is 0.340 e. The number of H-pyrrole nitrogens is 1. The molecule has 2 aromatic heterocycles. The smallest absolute Gasteiger partial charge is 0.272 e. The summed E-state index contributed by atoms with van der Waals surface area (Å²) in [7, 11) is 0. The molecule has 8 heteroatoms. The summed E-state index contributed by atoms with van der Waals surface area (Å²) >= 11 is 6.21. The second-order valence-corrected chi connectivity index (χ2v) is 6.38. The van der Waals surface area contributed by atoms with Crippen molar-refractivity contribution in [1.29, 1.82) is 0 Å². The fourth-order valence-corrected chi connectivity index (χ4v) is 2.58. The molecule has 1 aromatic carbocycles. The number of hydrogen-bond donors (Lipinski definition) is 2. The van der Waals surface area contributed by atoms with Crippen LogP contribution >= 0.6 is 11.6 Å². The van der Waals surface area contributed by atoms with E-state index in [0.717, 1.165) is 11.4 Å². The van der Waals surface area contributed by atoms with Crippen molar-refractivity contribution >= 4 is 17.5 Å². The van der Waals surface area contributed by atoms with E-state index in [1.165, 1.54) is 0 Å². The fourth-order valence-electron chi connectivity index (χ4n) is 2.37. The lowest BCUT2D eigenvalue weighted by atomic mass is 10.0. The van der Waals surface area contributed by atoms with Crippen molar-refractivity contribution in [2.24, 2.45) is 0 Å². The Morgan fingerprint density at radius 3 is 2.75 bits per heavy atom. The maximum Gasteiger partial charge on any atom is 0.272 e. The van der Waals surface area contributed by atoms with Crippen LogP contribution in [0.15, 0.2) is 36.5 Å². The van der Waals surface area contributed by atoms with Crippen LogP contribution in [0, 0.1) is 6.92 Å². The molecule has 7 nitrogen and oxygen atoms in total.